The first-order valence-electron chi connectivity index (χ1n) is 6.42. The molecule has 0 atom stereocenters. The van der Waals surface area contributed by atoms with Crippen molar-refractivity contribution < 1.29 is 14.1 Å². The molecular formula is C15H16N3O3+. The van der Waals surface area contributed by atoms with E-state index in [1.54, 1.807) is 40.1 Å². The van der Waals surface area contributed by atoms with Gasteiger partial charge in [0.25, 0.3) is 6.73 Å². The number of ketones is 1. The zero-order valence-electron chi connectivity index (χ0n) is 11.7. The van der Waals surface area contributed by atoms with E-state index in [0.717, 1.165) is 0 Å². The van der Waals surface area contributed by atoms with Crippen LogP contribution in [-0.4, -0.2) is 17.4 Å². The molecule has 0 aliphatic carbocycles. The number of hydrogen-bond acceptors (Lipinski definition) is 5. The Balaban J connectivity index is 1.92. The third-order valence-electron chi connectivity index (χ3n) is 2.90. The number of allylic oxidation sites excluding steroid dienone is 3. The number of ether oxygens (including phenoxy) is 1. The number of Topliss-reactive ketones (excluding diaryl/α,β-unsaturated/α-hetero) is 1. The molecule has 0 N–H and O–H groups in total. The van der Waals surface area contributed by atoms with Gasteiger partial charge in [-0.05, 0) is 30.3 Å². The van der Waals surface area contributed by atoms with Crippen LogP contribution in [-0.2, 0) is 11.5 Å². The van der Waals surface area contributed by atoms with E-state index < -0.39 is 0 Å². The van der Waals surface area contributed by atoms with Gasteiger partial charge in [0.15, 0.2) is 18.2 Å². The molecular weight excluding hydrogens is 270 g/mol. The first kappa shape index (κ1) is 14.8. The van der Waals surface area contributed by atoms with Crippen molar-refractivity contribution in [3.05, 3.63) is 71.3 Å². The van der Waals surface area contributed by atoms with Gasteiger partial charge in [-0.15, -0.1) is 4.91 Å². The van der Waals surface area contributed by atoms with Crippen molar-refractivity contribution >= 4 is 5.78 Å². The van der Waals surface area contributed by atoms with E-state index in [0.29, 0.717) is 18.0 Å². The fourth-order valence-electron chi connectivity index (χ4n) is 1.83. The summed E-state index contributed by atoms with van der Waals surface area (Å²) >= 11 is 0. The summed E-state index contributed by atoms with van der Waals surface area (Å²) in [4.78, 5) is 23.4. The van der Waals surface area contributed by atoms with E-state index in [9.17, 15) is 9.70 Å². The smallest absolute Gasteiger partial charge is 0.254 e. The molecule has 0 amide bonds. The number of hydrogen-bond donors (Lipinski definition) is 0. The Kier molecular flexibility index (Phi) is 5.11. The van der Waals surface area contributed by atoms with Gasteiger partial charge in [0, 0.05) is 12.3 Å². The first-order chi connectivity index (χ1) is 10.2. The molecule has 0 unspecified atom stereocenters. The fraction of sp³-hybridized carbons (Fsp3) is 0.200. The van der Waals surface area contributed by atoms with E-state index in [4.69, 9.17) is 4.74 Å². The van der Waals surface area contributed by atoms with Gasteiger partial charge in [0.1, 0.15) is 6.73 Å². The second-order valence-corrected chi connectivity index (χ2v) is 4.46. The Hall–Kier alpha value is -2.60. The topological polar surface area (TPSA) is 62.9 Å². The van der Waals surface area contributed by atoms with Crippen LogP contribution in [0.1, 0.15) is 17.3 Å². The van der Waals surface area contributed by atoms with Crippen molar-refractivity contribution in [1.29, 1.82) is 0 Å². The third-order valence-corrected chi connectivity index (χ3v) is 2.90. The van der Waals surface area contributed by atoms with Crippen molar-refractivity contribution in [3.63, 3.8) is 0 Å². The normalized spacial score (nSPS) is 15.5. The van der Waals surface area contributed by atoms with Gasteiger partial charge in [0.2, 0.25) is 0 Å². The maximum atomic E-state index is 11.3. The summed E-state index contributed by atoms with van der Waals surface area (Å²) in [5.41, 5.74) is 1.29. The summed E-state index contributed by atoms with van der Waals surface area (Å²) in [7, 11) is 0. The standard InChI is InChI=1S/C15H16N3O3/c1-13(19)14-5-4-7-17(10-14)11-21-12-18-8-3-2-6-15(18)9-16-20/h2-10H,11-12H2,1H3/q+1/b15-9+. The maximum absolute atomic E-state index is 11.3. The van der Waals surface area contributed by atoms with Crippen LogP contribution in [0, 0.1) is 4.91 Å². The largest absolute Gasteiger partial charge is 0.323 e. The SMILES string of the molecule is CC(=O)c1ccc[n+](COCN2C=CC=C/C2=C\N=O)c1. The summed E-state index contributed by atoms with van der Waals surface area (Å²) in [6, 6.07) is 3.55. The van der Waals surface area contributed by atoms with E-state index in [-0.39, 0.29) is 12.5 Å². The van der Waals surface area contributed by atoms with Crippen molar-refractivity contribution in [1.82, 2.24) is 4.90 Å². The zero-order chi connectivity index (χ0) is 15.1. The summed E-state index contributed by atoms with van der Waals surface area (Å²) in [5, 5.41) is 2.77. The second-order valence-electron chi connectivity index (χ2n) is 4.46. The third kappa shape index (κ3) is 4.19. The summed E-state index contributed by atoms with van der Waals surface area (Å²) in [5.74, 6) is 0.00993. The molecule has 0 fully saturated rings. The molecule has 1 aromatic rings. The molecule has 1 aliphatic heterocycles. The summed E-state index contributed by atoms with van der Waals surface area (Å²) in [6.07, 6.45) is 12.0. The molecule has 0 spiro atoms. The van der Waals surface area contributed by atoms with Crippen LogP contribution in [0.2, 0.25) is 0 Å². The number of rotatable bonds is 6. The van der Waals surface area contributed by atoms with Gasteiger partial charge < -0.3 is 9.64 Å². The van der Waals surface area contributed by atoms with E-state index in [1.165, 1.54) is 13.1 Å². The Bertz CT molecular complexity index is 620. The van der Waals surface area contributed by atoms with Gasteiger partial charge in [-0.25, -0.2) is 0 Å². The average Bonchev–Trinajstić information content (AvgIpc) is 2.49. The highest BCUT2D eigenvalue weighted by atomic mass is 16.5. The summed E-state index contributed by atoms with van der Waals surface area (Å²) in [6.45, 7) is 2.10. The molecule has 1 aliphatic rings. The van der Waals surface area contributed by atoms with E-state index >= 15 is 0 Å². The van der Waals surface area contributed by atoms with Crippen molar-refractivity contribution in [2.24, 2.45) is 5.18 Å². The van der Waals surface area contributed by atoms with Gasteiger partial charge in [-0.1, -0.05) is 6.08 Å². The van der Waals surface area contributed by atoms with Crippen LogP contribution in [0.3, 0.4) is 0 Å². The Morgan fingerprint density at radius 2 is 2.33 bits per heavy atom. The Labute approximate surface area is 122 Å². The molecule has 0 saturated carbocycles. The predicted molar refractivity (Wildman–Crippen MR) is 76.6 cm³/mol. The lowest BCUT2D eigenvalue weighted by atomic mass is 10.2. The summed E-state index contributed by atoms with van der Waals surface area (Å²) < 4.78 is 7.36. The fourth-order valence-corrected chi connectivity index (χ4v) is 1.83. The molecule has 6 nitrogen and oxygen atoms in total. The van der Waals surface area contributed by atoms with Crippen molar-refractivity contribution in [2.45, 2.75) is 13.7 Å². The molecule has 2 heterocycles. The lowest BCUT2D eigenvalue weighted by Crippen LogP contribution is -2.36. The molecule has 2 rings (SSSR count). The van der Waals surface area contributed by atoms with Gasteiger partial charge in [-0.2, -0.15) is 4.57 Å². The van der Waals surface area contributed by atoms with E-state index in [1.807, 2.05) is 18.3 Å². The molecule has 1 aromatic heterocycles. The average molecular weight is 286 g/mol. The van der Waals surface area contributed by atoms with Crippen LogP contribution >= 0.6 is 0 Å². The number of carbonyl (C=O) groups is 1. The lowest BCUT2D eigenvalue weighted by molar-refractivity contribution is -0.733. The molecule has 0 saturated heterocycles. The van der Waals surface area contributed by atoms with Crippen molar-refractivity contribution in [3.8, 4) is 0 Å². The minimum Gasteiger partial charge on any atom is -0.323 e. The quantitative estimate of drug-likeness (QED) is 0.456. The molecule has 108 valence electrons. The minimum absolute atomic E-state index is 0.00993. The molecule has 0 bridgehead atoms. The lowest BCUT2D eigenvalue weighted by Gasteiger charge is -2.21. The van der Waals surface area contributed by atoms with Crippen molar-refractivity contribution in [2.75, 3.05) is 6.73 Å². The number of nitrogens with zero attached hydrogens (tertiary/aromatic N) is 3. The molecule has 0 aromatic carbocycles. The second kappa shape index (κ2) is 7.25. The molecule has 21 heavy (non-hydrogen) atoms. The number of aromatic nitrogens is 1. The van der Waals surface area contributed by atoms with Crippen LogP contribution in [0.25, 0.3) is 0 Å². The highest BCUT2D eigenvalue weighted by Crippen LogP contribution is 2.12. The monoisotopic (exact) mass is 286 g/mol. The first-order valence-corrected chi connectivity index (χ1v) is 6.42. The van der Waals surface area contributed by atoms with Crippen LogP contribution in [0.5, 0.6) is 0 Å². The van der Waals surface area contributed by atoms with Gasteiger partial charge in [0.05, 0.1) is 17.5 Å². The van der Waals surface area contributed by atoms with Crippen LogP contribution in [0.4, 0.5) is 0 Å². The predicted octanol–water partition coefficient (Wildman–Crippen LogP) is 2.10. The number of carbonyl (C=O) groups excluding carboxylic acids is 1. The maximum Gasteiger partial charge on any atom is 0.254 e. The highest BCUT2D eigenvalue weighted by Gasteiger charge is 2.10. The van der Waals surface area contributed by atoms with Gasteiger partial charge in [-0.3, -0.25) is 4.79 Å². The zero-order valence-corrected chi connectivity index (χ0v) is 11.7. The molecule has 0 radical (unpaired) electrons. The Morgan fingerprint density at radius 3 is 3.10 bits per heavy atom. The van der Waals surface area contributed by atoms with E-state index in [2.05, 4.69) is 5.18 Å². The highest BCUT2D eigenvalue weighted by molar-refractivity contribution is 5.93. The Morgan fingerprint density at radius 1 is 1.48 bits per heavy atom. The van der Waals surface area contributed by atoms with Gasteiger partial charge >= 0.3 is 0 Å². The van der Waals surface area contributed by atoms with Crippen LogP contribution < -0.4 is 4.57 Å². The number of nitroso groups, excluding NO2 is 1. The molecule has 6 heteroatoms. The van der Waals surface area contributed by atoms with Crippen LogP contribution in [0.15, 0.2) is 66.0 Å². The number of pyridine rings is 1. The minimum atomic E-state index is 0.00993.